The van der Waals surface area contributed by atoms with Gasteiger partial charge < -0.3 is 10.6 Å². The molecule has 0 aliphatic heterocycles. The number of carbonyl (C=O) groups excluding carboxylic acids is 1. The van der Waals surface area contributed by atoms with Crippen molar-refractivity contribution in [3.05, 3.63) is 28.5 Å². The maximum absolute atomic E-state index is 13.2. The molecule has 0 saturated carbocycles. The Hall–Kier alpha value is -1.10. The molecular weight excluding hydrogens is 287 g/mol. The summed E-state index contributed by atoms with van der Waals surface area (Å²) in [5, 5.41) is 5.64. The summed E-state index contributed by atoms with van der Waals surface area (Å²) in [6.07, 6.45) is 2.02. The summed E-state index contributed by atoms with van der Waals surface area (Å²) in [7, 11) is 0. The number of rotatable bonds is 6. The molecule has 0 heterocycles. The quantitative estimate of drug-likeness (QED) is 0.793. The molecule has 0 unspecified atom stereocenters. The maximum Gasteiger partial charge on any atom is 0.239 e. The lowest BCUT2D eigenvalue weighted by Gasteiger charge is -2.07. The Morgan fingerprint density at radius 1 is 1.47 bits per heavy atom. The largest absolute Gasteiger partial charge is 0.376 e. The average molecular weight is 303 g/mol. The third kappa shape index (κ3) is 5.17. The minimum absolute atomic E-state index is 0.0817. The van der Waals surface area contributed by atoms with Gasteiger partial charge in [-0.1, -0.05) is 13.3 Å². The number of nitrogens with one attached hydrogen (secondary N) is 2. The second-order valence-corrected chi connectivity index (χ2v) is 4.54. The Balaban J connectivity index is 2.34. The first-order valence-electron chi connectivity index (χ1n) is 5.59. The predicted octanol–water partition coefficient (Wildman–Crippen LogP) is 2.92. The van der Waals surface area contributed by atoms with Crippen molar-refractivity contribution in [3.63, 3.8) is 0 Å². The van der Waals surface area contributed by atoms with E-state index in [1.54, 1.807) is 12.1 Å². The van der Waals surface area contributed by atoms with Gasteiger partial charge in [-0.3, -0.25) is 4.79 Å². The van der Waals surface area contributed by atoms with E-state index < -0.39 is 0 Å². The van der Waals surface area contributed by atoms with E-state index in [1.807, 2.05) is 0 Å². The smallest absolute Gasteiger partial charge is 0.239 e. The average Bonchev–Trinajstić information content (AvgIpc) is 2.31. The lowest BCUT2D eigenvalue weighted by Crippen LogP contribution is -2.30. The molecule has 0 aliphatic carbocycles. The number of unbranched alkanes of at least 4 members (excludes halogenated alkanes) is 1. The van der Waals surface area contributed by atoms with Gasteiger partial charge in [-0.15, -0.1) is 0 Å². The van der Waals surface area contributed by atoms with Crippen molar-refractivity contribution >= 4 is 27.5 Å². The summed E-state index contributed by atoms with van der Waals surface area (Å²) in [6, 6.07) is 4.67. The summed E-state index contributed by atoms with van der Waals surface area (Å²) in [5.41, 5.74) is 0.594. The predicted molar refractivity (Wildman–Crippen MR) is 70.5 cm³/mol. The van der Waals surface area contributed by atoms with Gasteiger partial charge in [0, 0.05) is 12.2 Å². The first-order chi connectivity index (χ1) is 8.13. The summed E-state index contributed by atoms with van der Waals surface area (Å²) in [5.74, 6) is -0.428. The van der Waals surface area contributed by atoms with Gasteiger partial charge in [-0.25, -0.2) is 4.39 Å². The van der Waals surface area contributed by atoms with Crippen molar-refractivity contribution in [2.24, 2.45) is 0 Å². The van der Waals surface area contributed by atoms with Crippen molar-refractivity contribution in [1.82, 2.24) is 5.32 Å². The van der Waals surface area contributed by atoms with E-state index in [9.17, 15) is 9.18 Å². The molecule has 2 N–H and O–H groups in total. The molecule has 0 radical (unpaired) electrons. The van der Waals surface area contributed by atoms with Crippen LogP contribution in [0.1, 0.15) is 19.8 Å². The van der Waals surface area contributed by atoms with Crippen molar-refractivity contribution in [2.75, 3.05) is 18.4 Å². The Morgan fingerprint density at radius 3 is 2.88 bits per heavy atom. The van der Waals surface area contributed by atoms with Crippen LogP contribution in [0, 0.1) is 5.82 Å². The fourth-order valence-electron chi connectivity index (χ4n) is 1.26. The van der Waals surface area contributed by atoms with Gasteiger partial charge in [0.15, 0.2) is 0 Å². The Kier molecular flexibility index (Phi) is 5.97. The zero-order chi connectivity index (χ0) is 12.7. The van der Waals surface area contributed by atoms with Crippen LogP contribution in [0.15, 0.2) is 22.7 Å². The maximum atomic E-state index is 13.2. The molecule has 0 spiro atoms. The SMILES string of the molecule is CCCCNC(=O)CNc1ccc(Br)c(F)c1. The molecule has 0 fully saturated rings. The van der Waals surface area contributed by atoms with Crippen LogP contribution < -0.4 is 10.6 Å². The lowest BCUT2D eigenvalue weighted by atomic mass is 10.3. The highest BCUT2D eigenvalue weighted by Crippen LogP contribution is 2.18. The van der Waals surface area contributed by atoms with Crippen LogP contribution in [0.5, 0.6) is 0 Å². The number of amides is 1. The molecule has 17 heavy (non-hydrogen) atoms. The second-order valence-electron chi connectivity index (χ2n) is 3.69. The highest BCUT2D eigenvalue weighted by molar-refractivity contribution is 9.10. The Labute approximate surface area is 109 Å². The second kappa shape index (κ2) is 7.27. The highest BCUT2D eigenvalue weighted by Gasteiger charge is 2.03. The van der Waals surface area contributed by atoms with Crippen molar-refractivity contribution < 1.29 is 9.18 Å². The van der Waals surface area contributed by atoms with E-state index in [0.29, 0.717) is 16.7 Å². The van der Waals surface area contributed by atoms with E-state index in [0.717, 1.165) is 12.8 Å². The summed E-state index contributed by atoms with van der Waals surface area (Å²) < 4.78 is 13.6. The number of benzene rings is 1. The van der Waals surface area contributed by atoms with Crippen LogP contribution in [-0.2, 0) is 4.79 Å². The number of anilines is 1. The van der Waals surface area contributed by atoms with Crippen molar-refractivity contribution in [1.29, 1.82) is 0 Å². The fourth-order valence-corrected chi connectivity index (χ4v) is 1.50. The first kappa shape index (κ1) is 14.0. The molecule has 0 aromatic heterocycles. The molecular formula is C12H16BrFN2O. The monoisotopic (exact) mass is 302 g/mol. The fraction of sp³-hybridized carbons (Fsp3) is 0.417. The van der Waals surface area contributed by atoms with Crippen LogP contribution in [0.25, 0.3) is 0 Å². The van der Waals surface area contributed by atoms with Gasteiger partial charge in [-0.05, 0) is 40.5 Å². The normalized spacial score (nSPS) is 10.1. The zero-order valence-corrected chi connectivity index (χ0v) is 11.3. The van der Waals surface area contributed by atoms with Gasteiger partial charge in [0.05, 0.1) is 11.0 Å². The Bertz CT molecular complexity index is 385. The van der Waals surface area contributed by atoms with Gasteiger partial charge in [-0.2, -0.15) is 0 Å². The molecule has 0 bridgehead atoms. The topological polar surface area (TPSA) is 41.1 Å². The molecule has 0 atom stereocenters. The zero-order valence-electron chi connectivity index (χ0n) is 9.72. The molecule has 0 saturated heterocycles. The van der Waals surface area contributed by atoms with E-state index in [1.165, 1.54) is 6.07 Å². The molecule has 3 nitrogen and oxygen atoms in total. The van der Waals surface area contributed by atoms with Crippen LogP contribution >= 0.6 is 15.9 Å². The van der Waals surface area contributed by atoms with Gasteiger partial charge in [0.2, 0.25) is 5.91 Å². The molecule has 1 aromatic carbocycles. The van der Waals surface area contributed by atoms with Crippen LogP contribution in [0.2, 0.25) is 0 Å². The van der Waals surface area contributed by atoms with Crippen LogP contribution in [0.3, 0.4) is 0 Å². The molecule has 1 amide bonds. The third-order valence-corrected chi connectivity index (χ3v) is 2.87. The van der Waals surface area contributed by atoms with Crippen molar-refractivity contribution in [2.45, 2.75) is 19.8 Å². The number of carbonyl (C=O) groups is 1. The number of halogens is 2. The van der Waals surface area contributed by atoms with Gasteiger partial charge >= 0.3 is 0 Å². The molecule has 94 valence electrons. The molecule has 5 heteroatoms. The van der Waals surface area contributed by atoms with E-state index in [4.69, 9.17) is 0 Å². The highest BCUT2D eigenvalue weighted by atomic mass is 79.9. The third-order valence-electron chi connectivity index (χ3n) is 2.23. The summed E-state index contributed by atoms with van der Waals surface area (Å²) >= 11 is 3.07. The summed E-state index contributed by atoms with van der Waals surface area (Å²) in [6.45, 7) is 2.91. The molecule has 0 aliphatic rings. The first-order valence-corrected chi connectivity index (χ1v) is 6.38. The minimum atomic E-state index is -0.346. The van der Waals surface area contributed by atoms with E-state index in [-0.39, 0.29) is 18.3 Å². The van der Waals surface area contributed by atoms with E-state index in [2.05, 4.69) is 33.5 Å². The minimum Gasteiger partial charge on any atom is -0.376 e. The van der Waals surface area contributed by atoms with Crippen molar-refractivity contribution in [3.8, 4) is 0 Å². The van der Waals surface area contributed by atoms with Gasteiger partial charge in [0.25, 0.3) is 0 Å². The van der Waals surface area contributed by atoms with E-state index >= 15 is 0 Å². The number of hydrogen-bond donors (Lipinski definition) is 2. The Morgan fingerprint density at radius 2 is 2.24 bits per heavy atom. The van der Waals surface area contributed by atoms with Crippen LogP contribution in [-0.4, -0.2) is 19.0 Å². The number of hydrogen-bond acceptors (Lipinski definition) is 2. The molecule has 1 aromatic rings. The summed E-state index contributed by atoms with van der Waals surface area (Å²) in [4.78, 5) is 11.4. The molecule has 1 rings (SSSR count). The van der Waals surface area contributed by atoms with Gasteiger partial charge in [0.1, 0.15) is 5.82 Å². The van der Waals surface area contributed by atoms with Crippen LogP contribution in [0.4, 0.5) is 10.1 Å². The lowest BCUT2D eigenvalue weighted by molar-refractivity contribution is -0.119. The standard InChI is InChI=1S/C12H16BrFN2O/c1-2-3-6-15-12(17)8-16-9-4-5-10(13)11(14)7-9/h4-5,7,16H,2-3,6,8H2,1H3,(H,15,17).